The number of carbonyl (C=O) groups is 6. The zero-order valence-electron chi connectivity index (χ0n) is 43.9. The molecule has 73 heavy (non-hydrogen) atoms. The number of hydrogen-bond acceptors (Lipinski definition) is 12. The normalized spacial score (nSPS) is 12.4. The number of aromatic nitrogens is 2. The second kappa shape index (κ2) is 25.5. The van der Waals surface area contributed by atoms with E-state index in [1.165, 1.54) is 12.1 Å². The van der Waals surface area contributed by atoms with Gasteiger partial charge >= 0.3 is 18.2 Å². The maximum atomic E-state index is 13.5. The molecule has 0 saturated heterocycles. The third-order valence-electron chi connectivity index (χ3n) is 10.6. The summed E-state index contributed by atoms with van der Waals surface area (Å²) in [5, 5.41) is 18.7. The van der Waals surface area contributed by atoms with Crippen molar-refractivity contribution in [1.82, 2.24) is 20.6 Å². The van der Waals surface area contributed by atoms with Gasteiger partial charge in [-0.15, -0.1) is 0 Å². The van der Waals surface area contributed by atoms with Gasteiger partial charge in [-0.25, -0.2) is 9.59 Å². The van der Waals surface area contributed by atoms with Gasteiger partial charge in [-0.3, -0.25) is 29.1 Å². The molecule has 0 bridgehead atoms. The van der Waals surface area contributed by atoms with E-state index in [9.17, 15) is 33.9 Å². The molecule has 3 N–H and O–H groups in total. The zero-order valence-corrected chi connectivity index (χ0v) is 44.7. The number of phenolic OH excluding ortho intramolecular Hbond substituents is 1. The molecule has 6 rings (SSSR count). The van der Waals surface area contributed by atoms with E-state index >= 15 is 0 Å². The Hall–Kier alpha value is -7.19. The first kappa shape index (κ1) is 58.4. The fraction of sp³-hybridized carbons (Fsp3) is 0.379. The monoisotopic (exact) mass is 1020 g/mol. The van der Waals surface area contributed by atoms with Crippen LogP contribution in [0.3, 0.4) is 0 Å². The number of ketones is 2. The van der Waals surface area contributed by atoms with E-state index in [4.69, 9.17) is 25.8 Å². The Bertz CT molecular complexity index is 2860. The second-order valence-corrected chi connectivity index (χ2v) is 21.9. The number of ether oxygens (including phenoxy) is 3. The Morgan fingerprint density at radius 3 is 1.27 bits per heavy atom. The van der Waals surface area contributed by atoms with Gasteiger partial charge in [0, 0.05) is 66.9 Å². The Morgan fingerprint density at radius 2 is 0.918 bits per heavy atom. The van der Waals surface area contributed by atoms with Crippen molar-refractivity contribution in [1.29, 1.82) is 0 Å². The largest absolute Gasteiger partial charge is 0.508 e. The smallest absolute Gasteiger partial charge is 0.407 e. The van der Waals surface area contributed by atoms with Crippen LogP contribution in [-0.4, -0.2) is 74.3 Å². The van der Waals surface area contributed by atoms with Crippen molar-refractivity contribution >= 4 is 68.1 Å². The van der Waals surface area contributed by atoms with Crippen molar-refractivity contribution in [3.05, 3.63) is 144 Å². The molecule has 0 aliphatic carbocycles. The molecular weight excluding hydrogens is 948 g/mol. The number of esters is 1. The highest BCUT2D eigenvalue weighted by atomic mass is 35.5. The average Bonchev–Trinajstić information content (AvgIpc) is 3.29. The molecule has 2 heterocycles. The SMILES string of the molecule is CC(C)(C)C(=O)Cl.CC(C)(C)OC(=O)NCC(C(=O)Cc1ccc2cnccc2c1)c1ccc(O)cc1.CC(C)(C)OC(=O)NCC(C(=O)Cc1ccc2cnccc2c1)c1ccc(OC(=O)C(C)(C)C)cc1. The predicted octanol–water partition coefficient (Wildman–Crippen LogP) is 11.8. The van der Waals surface area contributed by atoms with Crippen molar-refractivity contribution in [3.63, 3.8) is 0 Å². The van der Waals surface area contributed by atoms with Gasteiger partial charge in [-0.05, 0) is 143 Å². The van der Waals surface area contributed by atoms with E-state index in [-0.39, 0.29) is 59.9 Å². The van der Waals surface area contributed by atoms with E-state index in [1.54, 1.807) is 144 Å². The molecule has 2 aromatic heterocycles. The number of phenols is 1. The lowest BCUT2D eigenvalue weighted by Gasteiger charge is -2.22. The molecule has 14 nitrogen and oxygen atoms in total. The van der Waals surface area contributed by atoms with Crippen molar-refractivity contribution in [2.75, 3.05) is 13.1 Å². The number of nitrogens with one attached hydrogen (secondary N) is 2. The van der Waals surface area contributed by atoms with Gasteiger partial charge in [-0.2, -0.15) is 0 Å². The number of carbonyl (C=O) groups excluding carboxylic acids is 6. The minimum Gasteiger partial charge on any atom is -0.508 e. The van der Waals surface area contributed by atoms with Gasteiger partial charge in [0.1, 0.15) is 34.3 Å². The summed E-state index contributed by atoms with van der Waals surface area (Å²) in [6.45, 7) is 21.6. The van der Waals surface area contributed by atoms with Crippen LogP contribution >= 0.6 is 11.6 Å². The van der Waals surface area contributed by atoms with E-state index in [1.807, 2.05) is 48.5 Å². The fourth-order valence-corrected chi connectivity index (χ4v) is 6.70. The first-order chi connectivity index (χ1) is 34.0. The summed E-state index contributed by atoms with van der Waals surface area (Å²) in [5.74, 6) is -1.10. The summed E-state index contributed by atoms with van der Waals surface area (Å²) < 4.78 is 16.1. The van der Waals surface area contributed by atoms with Crippen molar-refractivity contribution in [3.8, 4) is 11.5 Å². The minimum absolute atomic E-state index is 0.0369. The summed E-state index contributed by atoms with van der Waals surface area (Å²) in [4.78, 5) is 81.7. The van der Waals surface area contributed by atoms with Gasteiger partial charge in [0.15, 0.2) is 0 Å². The van der Waals surface area contributed by atoms with Crippen LogP contribution in [0.1, 0.15) is 117 Å². The second-order valence-electron chi connectivity index (χ2n) is 21.6. The number of hydrogen-bond donors (Lipinski definition) is 3. The molecule has 0 aliphatic heterocycles. The molecular formula is C58H69ClN4O10. The molecule has 0 spiro atoms. The highest BCUT2D eigenvalue weighted by Gasteiger charge is 2.27. The number of amides is 2. The first-order valence-corrected chi connectivity index (χ1v) is 24.3. The summed E-state index contributed by atoms with van der Waals surface area (Å²) in [6, 6.07) is 28.8. The number of halogens is 1. The van der Waals surface area contributed by atoms with E-state index in [2.05, 4.69) is 20.6 Å². The lowest BCUT2D eigenvalue weighted by molar-refractivity contribution is -0.143. The summed E-state index contributed by atoms with van der Waals surface area (Å²) in [5.41, 5.74) is 0.905. The third-order valence-corrected chi connectivity index (χ3v) is 11.2. The maximum Gasteiger partial charge on any atom is 0.407 e. The Morgan fingerprint density at radius 1 is 0.534 bits per heavy atom. The van der Waals surface area contributed by atoms with E-state index in [0.717, 1.165) is 38.2 Å². The fourth-order valence-electron chi connectivity index (χ4n) is 6.70. The van der Waals surface area contributed by atoms with E-state index in [0.29, 0.717) is 11.3 Å². The molecule has 0 radical (unpaired) electrons. The summed E-state index contributed by atoms with van der Waals surface area (Å²) >= 11 is 5.11. The Labute approximate surface area is 433 Å². The van der Waals surface area contributed by atoms with Crippen LogP contribution < -0.4 is 15.4 Å². The molecule has 388 valence electrons. The van der Waals surface area contributed by atoms with Gasteiger partial charge in [0.05, 0.1) is 17.3 Å². The number of aromatic hydroxyl groups is 1. The number of benzene rings is 4. The van der Waals surface area contributed by atoms with Crippen LogP contribution in [-0.2, 0) is 41.5 Å². The molecule has 2 amide bonds. The molecule has 4 aromatic carbocycles. The van der Waals surface area contributed by atoms with Gasteiger partial charge < -0.3 is 30.0 Å². The molecule has 15 heteroatoms. The van der Waals surface area contributed by atoms with Gasteiger partial charge in [0.2, 0.25) is 5.24 Å². The molecule has 0 saturated carbocycles. The minimum atomic E-state index is -0.651. The van der Waals surface area contributed by atoms with Crippen LogP contribution in [0, 0.1) is 10.8 Å². The van der Waals surface area contributed by atoms with Gasteiger partial charge in [0.25, 0.3) is 0 Å². The predicted molar refractivity (Wildman–Crippen MR) is 285 cm³/mol. The number of nitrogens with zero attached hydrogens (tertiary/aromatic N) is 2. The summed E-state index contributed by atoms with van der Waals surface area (Å²) in [6.07, 6.45) is 6.26. The zero-order chi connectivity index (χ0) is 54.3. The van der Waals surface area contributed by atoms with Crippen molar-refractivity contribution in [2.45, 2.75) is 119 Å². The Kier molecular flexibility index (Phi) is 20.4. The number of fused-ring (bicyclic) bond motifs is 2. The van der Waals surface area contributed by atoms with E-state index < -0.39 is 40.6 Å². The first-order valence-electron chi connectivity index (χ1n) is 23.9. The van der Waals surface area contributed by atoms with Crippen molar-refractivity contribution < 1.29 is 48.1 Å². The van der Waals surface area contributed by atoms with Crippen LogP contribution in [0.4, 0.5) is 9.59 Å². The average molecular weight is 1020 g/mol. The standard InChI is InChI=1S/C29H34N2O5.C24H26N2O4.C5H9ClO/c1-28(2,3)26(33)35-23-11-9-20(10-12-23)24(18-31-27(34)36-29(4,5)6)25(32)16-19-7-8-22-17-30-14-13-21(22)15-19;1-24(2,3)30-23(29)26-15-21(17-6-8-20(27)9-7-17)22(28)13-16-4-5-19-14-25-11-10-18(19)12-16;1-5(2,3)4(6)7/h7-15,17,24H,16,18H2,1-6H3,(H,31,34);4-12,14,21,27H,13,15H2,1-3H3,(H,26,29);1-3H3. The highest BCUT2D eigenvalue weighted by molar-refractivity contribution is 6.64. The summed E-state index contributed by atoms with van der Waals surface area (Å²) in [7, 11) is 0. The number of pyridine rings is 2. The van der Waals surface area contributed by atoms with Crippen LogP contribution in [0.5, 0.6) is 11.5 Å². The molecule has 6 aromatic rings. The number of rotatable bonds is 13. The molecule has 0 aliphatic rings. The lowest BCUT2D eigenvalue weighted by Crippen LogP contribution is -2.36. The van der Waals surface area contributed by atoms with Crippen LogP contribution in [0.15, 0.2) is 122 Å². The lowest BCUT2D eigenvalue weighted by atomic mass is 9.90. The van der Waals surface area contributed by atoms with Crippen molar-refractivity contribution in [2.24, 2.45) is 10.8 Å². The Balaban J connectivity index is 0.000000283. The third kappa shape index (κ3) is 20.1. The van der Waals surface area contributed by atoms with Crippen LogP contribution in [0.25, 0.3) is 21.5 Å². The highest BCUT2D eigenvalue weighted by Crippen LogP contribution is 2.27. The maximum absolute atomic E-state index is 13.5. The topological polar surface area (TPSA) is 200 Å². The molecule has 0 fully saturated rings. The molecule has 2 atom stereocenters. The van der Waals surface area contributed by atoms with Gasteiger partial charge in [-0.1, -0.05) is 81.4 Å². The number of Topliss-reactive ketones (excluding diaryl/α,β-unsaturated/α-hetero) is 2. The molecule has 2 unspecified atom stereocenters. The number of alkyl carbamates (subject to hydrolysis) is 2. The quantitative estimate of drug-likeness (QED) is 0.0562. The van der Waals surface area contributed by atoms with Crippen LogP contribution in [0.2, 0.25) is 0 Å².